The molecule has 0 bridgehead atoms. The molecule has 0 fully saturated rings. The van der Waals surface area contributed by atoms with Gasteiger partial charge in [0.1, 0.15) is 24.0 Å². The molecule has 2 aromatic carbocycles. The fourth-order valence-electron chi connectivity index (χ4n) is 3.78. The number of hydrazone groups is 1. The second-order valence-corrected chi connectivity index (χ2v) is 9.62. The number of benzene rings is 2. The average molecular weight is 521 g/mol. The molecule has 0 aliphatic carbocycles. The molecule has 2 heterocycles. The van der Waals surface area contributed by atoms with Crippen molar-refractivity contribution in [3.8, 4) is 17.2 Å². The van der Waals surface area contributed by atoms with Gasteiger partial charge >= 0.3 is 0 Å². The molecule has 9 heteroatoms. The molecule has 194 valence electrons. The molecule has 0 saturated heterocycles. The lowest BCUT2D eigenvalue weighted by Gasteiger charge is -2.20. The fourth-order valence-corrected chi connectivity index (χ4v) is 4.61. The van der Waals surface area contributed by atoms with Gasteiger partial charge in [-0.3, -0.25) is 10.2 Å². The van der Waals surface area contributed by atoms with Crippen LogP contribution in [0.1, 0.15) is 57.6 Å². The van der Waals surface area contributed by atoms with Crippen LogP contribution in [0.5, 0.6) is 17.2 Å². The highest BCUT2D eigenvalue weighted by molar-refractivity contribution is 8.26. The highest BCUT2D eigenvalue weighted by atomic mass is 32.2. The molecule has 8 nitrogen and oxygen atoms in total. The molecule has 0 unspecified atom stereocenters. The van der Waals surface area contributed by atoms with Crippen LogP contribution in [0, 0.1) is 5.41 Å². The van der Waals surface area contributed by atoms with E-state index >= 15 is 0 Å². The zero-order valence-electron chi connectivity index (χ0n) is 21.6. The summed E-state index contributed by atoms with van der Waals surface area (Å²) in [5.41, 5.74) is 2.18. The van der Waals surface area contributed by atoms with E-state index in [4.69, 9.17) is 19.6 Å². The normalized spacial score (nSPS) is 16.9. The SMILES string of the molecule is CCOc1cc(/C=C2/C(=N)N3N=C(CC)SC3=NC2=O)ccc1OCCOc1ccc([C@H](C)CC)cc1. The third-order valence-corrected chi connectivity index (χ3v) is 7.10. The molecule has 0 aromatic heterocycles. The summed E-state index contributed by atoms with van der Waals surface area (Å²) in [4.78, 5) is 16.7. The quantitative estimate of drug-likeness (QED) is 0.285. The number of amidine groups is 2. The molecule has 37 heavy (non-hydrogen) atoms. The van der Waals surface area contributed by atoms with Crippen molar-refractivity contribution in [3.05, 3.63) is 59.2 Å². The molecule has 0 radical (unpaired) electrons. The van der Waals surface area contributed by atoms with Crippen molar-refractivity contribution < 1.29 is 19.0 Å². The van der Waals surface area contributed by atoms with E-state index in [1.807, 2.05) is 32.0 Å². The molecule has 2 aliphatic heterocycles. The van der Waals surface area contributed by atoms with Gasteiger partial charge in [-0.1, -0.05) is 39.0 Å². The Morgan fingerprint density at radius 3 is 2.49 bits per heavy atom. The number of carbonyl (C=O) groups is 1. The van der Waals surface area contributed by atoms with Crippen LogP contribution in [0.2, 0.25) is 0 Å². The van der Waals surface area contributed by atoms with Crippen molar-refractivity contribution in [2.75, 3.05) is 19.8 Å². The van der Waals surface area contributed by atoms with E-state index in [0.29, 0.717) is 48.0 Å². The van der Waals surface area contributed by atoms with Gasteiger partial charge in [0, 0.05) is 0 Å². The first-order valence-corrected chi connectivity index (χ1v) is 13.4. The highest BCUT2D eigenvalue weighted by Gasteiger charge is 2.35. The minimum atomic E-state index is -0.455. The van der Waals surface area contributed by atoms with E-state index in [-0.39, 0.29) is 11.4 Å². The van der Waals surface area contributed by atoms with Crippen LogP contribution in [-0.2, 0) is 4.79 Å². The summed E-state index contributed by atoms with van der Waals surface area (Å²) in [6.45, 7) is 9.46. The standard InChI is InChI=1S/C28H32N4O4S/c1-5-18(4)20-9-11-21(12-10-20)35-14-15-36-23-13-8-19(17-24(23)34-7-3)16-22-26(29)32-28(30-27(22)33)37-25(6-2)31-32/h8-13,16-18,29H,5-7,14-15H2,1-4H3/b22-16-,29-26?/t18-/m1/s1. The maximum Gasteiger partial charge on any atom is 0.283 e. The van der Waals surface area contributed by atoms with Gasteiger partial charge in [-0.2, -0.15) is 15.1 Å². The number of nitrogens with one attached hydrogen (secondary N) is 1. The van der Waals surface area contributed by atoms with Crippen molar-refractivity contribution in [2.24, 2.45) is 10.1 Å². The number of carbonyl (C=O) groups excluding carboxylic acids is 1. The molecule has 4 rings (SSSR count). The minimum Gasteiger partial charge on any atom is -0.490 e. The molecule has 1 amide bonds. The van der Waals surface area contributed by atoms with Crippen LogP contribution in [0.4, 0.5) is 0 Å². The number of hydrogen-bond acceptors (Lipinski definition) is 7. The van der Waals surface area contributed by atoms with Crippen LogP contribution < -0.4 is 14.2 Å². The summed E-state index contributed by atoms with van der Waals surface area (Å²) < 4.78 is 17.5. The Kier molecular flexibility index (Phi) is 8.66. The van der Waals surface area contributed by atoms with Crippen molar-refractivity contribution in [1.82, 2.24) is 5.01 Å². The Hall–Kier alpha value is -3.59. The summed E-state index contributed by atoms with van der Waals surface area (Å²) in [5.74, 6) is 2.03. The Balaban J connectivity index is 1.41. The topological polar surface area (TPSA) is 96.6 Å². The zero-order valence-corrected chi connectivity index (χ0v) is 22.4. The van der Waals surface area contributed by atoms with Gasteiger partial charge in [0.05, 0.1) is 12.2 Å². The molecule has 2 aliphatic rings. The summed E-state index contributed by atoms with van der Waals surface area (Å²) in [5, 5.41) is 15.5. The fraction of sp³-hybridized carbons (Fsp3) is 0.357. The number of aliphatic imine (C=N–C) groups is 1. The Morgan fingerprint density at radius 2 is 1.78 bits per heavy atom. The molecule has 0 saturated carbocycles. The summed E-state index contributed by atoms with van der Waals surface area (Å²) in [6.07, 6.45) is 3.45. The number of nitrogens with zero attached hydrogens (tertiary/aromatic N) is 3. The predicted octanol–water partition coefficient (Wildman–Crippen LogP) is 6.09. The molecule has 1 atom stereocenters. The molecule has 0 spiro atoms. The zero-order chi connectivity index (χ0) is 26.4. The Bertz CT molecular complexity index is 1250. The van der Waals surface area contributed by atoms with Crippen molar-refractivity contribution >= 4 is 39.8 Å². The van der Waals surface area contributed by atoms with E-state index in [9.17, 15) is 4.79 Å². The van der Waals surface area contributed by atoms with E-state index in [1.165, 1.54) is 22.3 Å². The number of rotatable bonds is 11. The third kappa shape index (κ3) is 6.22. The second kappa shape index (κ2) is 12.1. The van der Waals surface area contributed by atoms with Gasteiger partial charge < -0.3 is 14.2 Å². The summed E-state index contributed by atoms with van der Waals surface area (Å²) in [7, 11) is 0. The third-order valence-electron chi connectivity index (χ3n) is 6.05. The van der Waals surface area contributed by atoms with Gasteiger partial charge in [-0.15, -0.1) is 0 Å². The van der Waals surface area contributed by atoms with Crippen molar-refractivity contribution in [3.63, 3.8) is 0 Å². The monoisotopic (exact) mass is 520 g/mol. The highest BCUT2D eigenvalue weighted by Crippen LogP contribution is 2.32. The molecular formula is C28H32N4O4S. The van der Waals surface area contributed by atoms with Crippen LogP contribution in [-0.4, -0.2) is 46.8 Å². The molecule has 1 N–H and O–H groups in total. The summed E-state index contributed by atoms with van der Waals surface area (Å²) >= 11 is 1.32. The van der Waals surface area contributed by atoms with E-state index in [1.54, 1.807) is 18.2 Å². The van der Waals surface area contributed by atoms with E-state index in [0.717, 1.165) is 23.6 Å². The Morgan fingerprint density at radius 1 is 1.03 bits per heavy atom. The summed E-state index contributed by atoms with van der Waals surface area (Å²) in [6, 6.07) is 13.6. The number of amides is 1. The van der Waals surface area contributed by atoms with Gasteiger partial charge in [0.2, 0.25) is 5.17 Å². The first-order valence-electron chi connectivity index (χ1n) is 12.5. The first-order chi connectivity index (χ1) is 17.9. The maximum absolute atomic E-state index is 12.6. The predicted molar refractivity (Wildman–Crippen MR) is 149 cm³/mol. The van der Waals surface area contributed by atoms with Crippen LogP contribution in [0.25, 0.3) is 6.08 Å². The second-order valence-electron chi connectivity index (χ2n) is 8.58. The van der Waals surface area contributed by atoms with E-state index < -0.39 is 5.91 Å². The number of thioether (sulfide) groups is 1. The van der Waals surface area contributed by atoms with E-state index in [2.05, 4.69) is 36.1 Å². The number of hydrogen-bond donors (Lipinski definition) is 1. The van der Waals surface area contributed by atoms with Crippen molar-refractivity contribution in [2.45, 2.75) is 46.5 Å². The minimum absolute atomic E-state index is 0.0126. The first kappa shape index (κ1) is 26.5. The largest absolute Gasteiger partial charge is 0.490 e. The lowest BCUT2D eigenvalue weighted by Crippen LogP contribution is -2.35. The van der Waals surface area contributed by atoms with Gasteiger partial charge in [0.25, 0.3) is 5.91 Å². The van der Waals surface area contributed by atoms with Crippen LogP contribution in [0.15, 0.2) is 58.1 Å². The molecule has 2 aromatic rings. The average Bonchev–Trinajstić information content (AvgIpc) is 3.33. The van der Waals surface area contributed by atoms with Gasteiger partial charge in [0.15, 0.2) is 17.3 Å². The van der Waals surface area contributed by atoms with Crippen LogP contribution >= 0.6 is 11.8 Å². The lowest BCUT2D eigenvalue weighted by atomic mass is 9.99. The van der Waals surface area contributed by atoms with Gasteiger partial charge in [-0.05, 0) is 78.9 Å². The number of ether oxygens (including phenoxy) is 3. The lowest BCUT2D eigenvalue weighted by molar-refractivity contribution is -0.114. The number of fused-ring (bicyclic) bond motifs is 1. The van der Waals surface area contributed by atoms with Gasteiger partial charge in [-0.25, -0.2) is 0 Å². The molecular weight excluding hydrogens is 488 g/mol. The van der Waals surface area contributed by atoms with Crippen molar-refractivity contribution in [1.29, 1.82) is 5.41 Å². The maximum atomic E-state index is 12.6. The Labute approximate surface area is 221 Å². The van der Waals surface area contributed by atoms with Crippen LogP contribution in [0.3, 0.4) is 0 Å². The smallest absolute Gasteiger partial charge is 0.283 e.